The van der Waals surface area contributed by atoms with Gasteiger partial charge in [0.1, 0.15) is 17.8 Å². The number of likely N-dealkylation sites (tertiary alicyclic amines) is 1. The standard InChI is InChI=1S/C46H60N6O7/c1-9-50-40-15-14-33(24-37(40)38(25-46(6,7)26-59-27-53)43(50)36-13-10-17-47-41(36)30(4)58-8)34-20-32(21-35(55)23-34)22-39(45(57)52-18-11-12-29(3)49-52)48-44(56)42-28(2)16-19-51(42)31(5)54/h10,13-15,17,20-21,23-24,27-30,39,42,49,55H,9,11-12,16,18-19,22,25-26H2,1-8H3,(H,48,56)/t28-,29-,30+,39+,42+/m1/s1. The molecule has 6 rings (SSSR count). The van der Waals surface area contributed by atoms with E-state index in [9.17, 15) is 24.3 Å². The van der Waals surface area contributed by atoms with Gasteiger partial charge in [-0.15, -0.1) is 0 Å². The molecule has 316 valence electrons. The molecule has 0 aliphatic carbocycles. The summed E-state index contributed by atoms with van der Waals surface area (Å²) in [6, 6.07) is 14.0. The van der Waals surface area contributed by atoms with Crippen molar-refractivity contribution in [1.29, 1.82) is 0 Å². The first-order valence-electron chi connectivity index (χ1n) is 20.8. The zero-order valence-electron chi connectivity index (χ0n) is 35.7. The van der Waals surface area contributed by atoms with Gasteiger partial charge in [-0.25, -0.2) is 5.43 Å². The van der Waals surface area contributed by atoms with Crippen LogP contribution in [-0.2, 0) is 48.0 Å². The minimum absolute atomic E-state index is 0.0275. The zero-order chi connectivity index (χ0) is 42.6. The van der Waals surface area contributed by atoms with Crippen molar-refractivity contribution in [3.05, 3.63) is 71.5 Å². The molecule has 2 saturated heterocycles. The van der Waals surface area contributed by atoms with Crippen LogP contribution in [0.5, 0.6) is 5.75 Å². The summed E-state index contributed by atoms with van der Waals surface area (Å²) in [4.78, 5) is 58.3. The summed E-state index contributed by atoms with van der Waals surface area (Å²) in [5.74, 6) is -0.838. The Kier molecular flexibility index (Phi) is 13.5. The number of aryl methyl sites for hydroxylation is 1. The van der Waals surface area contributed by atoms with Crippen LogP contribution in [0.1, 0.15) is 90.7 Å². The summed E-state index contributed by atoms with van der Waals surface area (Å²) in [6.07, 6.45) is 4.67. The third kappa shape index (κ3) is 9.47. The molecule has 0 unspecified atom stereocenters. The molecule has 3 N–H and O–H groups in total. The van der Waals surface area contributed by atoms with Gasteiger partial charge >= 0.3 is 0 Å². The minimum atomic E-state index is -0.953. The first-order valence-corrected chi connectivity index (χ1v) is 20.8. The van der Waals surface area contributed by atoms with Crippen molar-refractivity contribution in [3.8, 4) is 28.1 Å². The molecule has 4 heterocycles. The van der Waals surface area contributed by atoms with Gasteiger partial charge in [0.05, 0.1) is 24.1 Å². The topological polar surface area (TPSA) is 155 Å². The van der Waals surface area contributed by atoms with E-state index in [1.54, 1.807) is 35.3 Å². The summed E-state index contributed by atoms with van der Waals surface area (Å²) in [6.45, 7) is 16.1. The van der Waals surface area contributed by atoms with Gasteiger partial charge in [0, 0.05) is 74.2 Å². The fraction of sp³-hybridized carbons (Fsp3) is 0.500. The van der Waals surface area contributed by atoms with E-state index in [0.717, 1.165) is 57.4 Å². The van der Waals surface area contributed by atoms with Crippen LogP contribution in [0.4, 0.5) is 0 Å². The number of carbonyl (C=O) groups excluding carboxylic acids is 4. The number of aromatic nitrogens is 2. The quantitative estimate of drug-likeness (QED) is 0.117. The Morgan fingerprint density at radius 3 is 2.56 bits per heavy atom. The number of nitrogens with one attached hydrogen (secondary N) is 2. The molecule has 2 aromatic carbocycles. The molecular formula is C46H60N6O7. The number of phenols is 1. The number of phenolic OH excluding ortho intramolecular Hbond substituents is 1. The molecule has 2 aliphatic heterocycles. The second-order valence-electron chi connectivity index (χ2n) is 17.1. The molecule has 13 nitrogen and oxygen atoms in total. The highest BCUT2D eigenvalue weighted by Gasteiger charge is 2.40. The summed E-state index contributed by atoms with van der Waals surface area (Å²) < 4.78 is 13.4. The summed E-state index contributed by atoms with van der Waals surface area (Å²) in [7, 11) is 1.67. The molecule has 59 heavy (non-hydrogen) atoms. The number of hydrazine groups is 1. The molecular weight excluding hydrogens is 749 g/mol. The van der Waals surface area contributed by atoms with Crippen LogP contribution in [-0.4, -0.2) is 93.7 Å². The molecule has 0 radical (unpaired) electrons. The molecule has 2 aromatic heterocycles. The molecule has 2 aliphatic rings. The number of methoxy groups -OCH3 is 1. The van der Waals surface area contributed by atoms with E-state index in [4.69, 9.17) is 14.5 Å². The van der Waals surface area contributed by atoms with Gasteiger partial charge in [-0.2, -0.15) is 0 Å². The van der Waals surface area contributed by atoms with Crippen molar-refractivity contribution in [3.63, 3.8) is 0 Å². The molecule has 13 heteroatoms. The van der Waals surface area contributed by atoms with Gasteiger partial charge in [-0.05, 0) is 111 Å². The van der Waals surface area contributed by atoms with Crippen molar-refractivity contribution >= 4 is 35.1 Å². The number of hydrogen-bond acceptors (Lipinski definition) is 9. The van der Waals surface area contributed by atoms with E-state index < -0.39 is 17.5 Å². The van der Waals surface area contributed by atoms with E-state index in [1.165, 1.54) is 6.92 Å². The minimum Gasteiger partial charge on any atom is -0.508 e. The smallest absolute Gasteiger partial charge is 0.293 e. The summed E-state index contributed by atoms with van der Waals surface area (Å²) >= 11 is 0. The van der Waals surface area contributed by atoms with Gasteiger partial charge in [0.2, 0.25) is 11.8 Å². The molecule has 0 bridgehead atoms. The monoisotopic (exact) mass is 808 g/mol. The first kappa shape index (κ1) is 43.3. The highest BCUT2D eigenvalue weighted by molar-refractivity contribution is 5.96. The van der Waals surface area contributed by atoms with Crippen molar-refractivity contribution in [2.24, 2.45) is 11.3 Å². The maximum absolute atomic E-state index is 14.2. The van der Waals surface area contributed by atoms with Crippen LogP contribution in [0.3, 0.4) is 0 Å². The van der Waals surface area contributed by atoms with Crippen LogP contribution in [0.2, 0.25) is 0 Å². The van der Waals surface area contributed by atoms with Gasteiger partial charge in [0.25, 0.3) is 12.4 Å². The van der Waals surface area contributed by atoms with Gasteiger partial charge in [-0.1, -0.05) is 32.9 Å². The Bertz CT molecular complexity index is 2180. The van der Waals surface area contributed by atoms with Gasteiger partial charge < -0.3 is 29.4 Å². The third-order valence-electron chi connectivity index (χ3n) is 11.9. The van der Waals surface area contributed by atoms with E-state index in [0.29, 0.717) is 44.5 Å². The summed E-state index contributed by atoms with van der Waals surface area (Å²) in [5.41, 5.74) is 9.99. The predicted octanol–water partition coefficient (Wildman–Crippen LogP) is 6.34. The van der Waals surface area contributed by atoms with Crippen LogP contribution in [0, 0.1) is 11.3 Å². The molecule has 4 aromatic rings. The van der Waals surface area contributed by atoms with Gasteiger partial charge in [0.15, 0.2) is 0 Å². The molecule has 0 saturated carbocycles. The van der Waals surface area contributed by atoms with E-state index in [2.05, 4.69) is 54.3 Å². The van der Waals surface area contributed by atoms with E-state index in [-0.39, 0.29) is 54.6 Å². The highest BCUT2D eigenvalue weighted by atomic mass is 16.5. The lowest BCUT2D eigenvalue weighted by atomic mass is 9.84. The fourth-order valence-corrected chi connectivity index (χ4v) is 8.93. The number of aromatic hydroxyl groups is 1. The third-order valence-corrected chi connectivity index (χ3v) is 11.9. The average Bonchev–Trinajstić information content (AvgIpc) is 3.75. The predicted molar refractivity (Wildman–Crippen MR) is 227 cm³/mol. The SMILES string of the molecule is CCn1c(-c2cccnc2[C@H](C)OC)c(CC(C)(C)COC=O)c2cc(-c3cc(O)cc(C[C@H](NC(=O)[C@@H]4[C@H](C)CCN4C(C)=O)C(=O)N4CCC[C@@H](C)N4)c3)ccc21. The lowest BCUT2D eigenvalue weighted by Gasteiger charge is -2.35. The molecule has 2 fully saturated rings. The maximum Gasteiger partial charge on any atom is 0.293 e. The maximum atomic E-state index is 14.2. The zero-order valence-corrected chi connectivity index (χ0v) is 35.7. The average molecular weight is 809 g/mol. The number of pyridine rings is 1. The number of hydrogen-bond donors (Lipinski definition) is 3. The van der Waals surface area contributed by atoms with Crippen LogP contribution < -0.4 is 10.7 Å². The number of fused-ring (bicyclic) bond motifs is 1. The largest absolute Gasteiger partial charge is 0.508 e. The Morgan fingerprint density at radius 2 is 1.86 bits per heavy atom. The van der Waals surface area contributed by atoms with E-state index >= 15 is 0 Å². The van der Waals surface area contributed by atoms with Crippen LogP contribution in [0.15, 0.2) is 54.7 Å². The lowest BCUT2D eigenvalue weighted by molar-refractivity contribution is -0.143. The van der Waals surface area contributed by atoms with Gasteiger partial charge in [-0.3, -0.25) is 29.2 Å². The Morgan fingerprint density at radius 1 is 1.08 bits per heavy atom. The second-order valence-corrected chi connectivity index (χ2v) is 17.1. The molecule has 0 spiro atoms. The summed E-state index contributed by atoms with van der Waals surface area (Å²) in [5, 5.41) is 16.9. The molecule has 3 amide bonds. The van der Waals surface area contributed by atoms with Crippen LogP contribution in [0.25, 0.3) is 33.3 Å². The Balaban J connectivity index is 1.43. The Labute approximate surface area is 347 Å². The fourth-order valence-electron chi connectivity index (χ4n) is 8.93. The Hall–Kier alpha value is -5.27. The number of amides is 3. The second kappa shape index (κ2) is 18.3. The van der Waals surface area contributed by atoms with Crippen molar-refractivity contribution < 1.29 is 33.8 Å². The number of nitrogens with zero attached hydrogens (tertiary/aromatic N) is 4. The number of ether oxygens (including phenoxy) is 2. The normalized spacial score (nSPS) is 19.4. The lowest BCUT2D eigenvalue weighted by Crippen LogP contribution is -2.60. The van der Waals surface area contributed by atoms with Crippen molar-refractivity contribution in [2.45, 2.75) is 111 Å². The number of carbonyl (C=O) groups is 4. The first-order chi connectivity index (χ1) is 28.2. The van der Waals surface area contributed by atoms with Crippen molar-refractivity contribution in [2.75, 3.05) is 26.8 Å². The van der Waals surface area contributed by atoms with Crippen molar-refractivity contribution in [1.82, 2.24) is 30.2 Å². The highest BCUT2D eigenvalue weighted by Crippen LogP contribution is 2.42. The van der Waals surface area contributed by atoms with E-state index in [1.807, 2.05) is 39.0 Å². The van der Waals surface area contributed by atoms with Crippen LogP contribution >= 0.6 is 0 Å². The molecule has 5 atom stereocenters. The number of benzene rings is 2. The number of rotatable bonds is 15.